The highest BCUT2D eigenvalue weighted by molar-refractivity contribution is 7.14. The summed E-state index contributed by atoms with van der Waals surface area (Å²) in [5, 5.41) is 21.0. The van der Waals surface area contributed by atoms with Crippen LogP contribution in [0.25, 0.3) is 10.6 Å². The monoisotopic (exact) mass is 265 g/mol. The van der Waals surface area contributed by atoms with Crippen molar-refractivity contribution in [2.24, 2.45) is 0 Å². The molecule has 2 heterocycles. The number of aromatic amines is 1. The van der Waals surface area contributed by atoms with Gasteiger partial charge in [0.05, 0.1) is 17.8 Å². The van der Waals surface area contributed by atoms with Gasteiger partial charge in [0.1, 0.15) is 5.01 Å². The summed E-state index contributed by atoms with van der Waals surface area (Å²) >= 11 is 1.64. The smallest absolute Gasteiger partial charge is 0.151 e. The molecule has 1 atom stereocenters. The first kappa shape index (κ1) is 13.2. The second-order valence-electron chi connectivity index (χ2n) is 4.27. The molecular formula is C12H19N5S. The number of aryl methyl sites for hydroxylation is 1. The number of hydrogen-bond donors (Lipinski definition) is 2. The molecule has 0 bridgehead atoms. The van der Waals surface area contributed by atoms with E-state index in [1.54, 1.807) is 17.5 Å². The second kappa shape index (κ2) is 6.06. The molecule has 0 aliphatic rings. The molecule has 2 N–H and O–H groups in total. The summed E-state index contributed by atoms with van der Waals surface area (Å²) in [7, 11) is 0. The van der Waals surface area contributed by atoms with E-state index in [0.29, 0.717) is 6.04 Å². The van der Waals surface area contributed by atoms with Crippen molar-refractivity contribution >= 4 is 11.3 Å². The average molecular weight is 265 g/mol. The quantitative estimate of drug-likeness (QED) is 0.842. The lowest BCUT2D eigenvalue weighted by molar-refractivity contribution is 0.513. The fraction of sp³-hybridized carbons (Fsp3) is 0.583. The number of nitrogens with zero attached hydrogens (tertiary/aromatic N) is 3. The van der Waals surface area contributed by atoms with Crippen molar-refractivity contribution in [1.82, 2.24) is 25.7 Å². The summed E-state index contributed by atoms with van der Waals surface area (Å²) in [5.41, 5.74) is 2.08. The fourth-order valence-corrected chi connectivity index (χ4v) is 2.84. The van der Waals surface area contributed by atoms with Gasteiger partial charge in [-0.2, -0.15) is 5.10 Å². The number of nitrogens with one attached hydrogen (secondary N) is 2. The summed E-state index contributed by atoms with van der Waals surface area (Å²) in [6, 6.07) is 0.309. The van der Waals surface area contributed by atoms with Crippen LogP contribution in [-0.4, -0.2) is 26.9 Å². The molecule has 1 unspecified atom stereocenters. The van der Waals surface area contributed by atoms with E-state index in [0.717, 1.165) is 40.7 Å². The van der Waals surface area contributed by atoms with Crippen LogP contribution in [0.4, 0.5) is 0 Å². The maximum atomic E-state index is 4.30. The highest BCUT2D eigenvalue weighted by Gasteiger charge is 2.16. The maximum Gasteiger partial charge on any atom is 0.151 e. The van der Waals surface area contributed by atoms with Gasteiger partial charge in [0.2, 0.25) is 0 Å². The van der Waals surface area contributed by atoms with Crippen molar-refractivity contribution in [2.45, 2.75) is 39.7 Å². The number of aromatic nitrogens is 4. The molecule has 18 heavy (non-hydrogen) atoms. The molecule has 2 aromatic heterocycles. The number of H-pyrrole nitrogens is 1. The Balaban J connectivity index is 2.16. The minimum Gasteiger partial charge on any atom is -0.308 e. The van der Waals surface area contributed by atoms with E-state index in [2.05, 4.69) is 39.6 Å². The Labute approximate surface area is 111 Å². The van der Waals surface area contributed by atoms with Crippen LogP contribution >= 0.6 is 11.3 Å². The molecule has 0 saturated carbocycles. The Morgan fingerprint density at radius 3 is 2.83 bits per heavy atom. The Morgan fingerprint density at radius 1 is 1.39 bits per heavy atom. The van der Waals surface area contributed by atoms with Crippen molar-refractivity contribution in [1.29, 1.82) is 0 Å². The van der Waals surface area contributed by atoms with Crippen LogP contribution in [0, 0.1) is 6.92 Å². The third-order valence-corrected chi connectivity index (χ3v) is 3.92. The Morgan fingerprint density at radius 2 is 2.22 bits per heavy atom. The second-order valence-corrected chi connectivity index (χ2v) is 5.28. The van der Waals surface area contributed by atoms with E-state index in [1.165, 1.54) is 0 Å². The zero-order valence-corrected chi connectivity index (χ0v) is 11.8. The SMILES string of the molecule is CCCNC(CC)c1nnc(-c2cn[nH]c2C)s1. The van der Waals surface area contributed by atoms with Crippen LogP contribution in [0.2, 0.25) is 0 Å². The van der Waals surface area contributed by atoms with Crippen LogP contribution < -0.4 is 5.32 Å². The van der Waals surface area contributed by atoms with Gasteiger partial charge in [0.15, 0.2) is 5.01 Å². The van der Waals surface area contributed by atoms with Crippen LogP contribution in [0.5, 0.6) is 0 Å². The van der Waals surface area contributed by atoms with E-state index in [1.807, 2.05) is 6.92 Å². The highest BCUT2D eigenvalue weighted by Crippen LogP contribution is 2.29. The standard InChI is InChI=1S/C12H19N5S/c1-4-6-13-10(5-2)12-17-16-11(18-12)9-7-14-15-8(9)3/h7,10,13H,4-6H2,1-3H3,(H,14,15). The summed E-state index contributed by atoms with van der Waals surface area (Å²) < 4.78 is 0. The number of hydrogen-bond acceptors (Lipinski definition) is 5. The van der Waals surface area contributed by atoms with Crippen molar-refractivity contribution in [3.05, 3.63) is 16.9 Å². The van der Waals surface area contributed by atoms with E-state index in [-0.39, 0.29) is 0 Å². The van der Waals surface area contributed by atoms with Gasteiger partial charge >= 0.3 is 0 Å². The summed E-state index contributed by atoms with van der Waals surface area (Å²) in [6.45, 7) is 7.34. The number of rotatable bonds is 6. The molecule has 0 aliphatic carbocycles. The lowest BCUT2D eigenvalue weighted by atomic mass is 10.2. The first-order valence-corrected chi connectivity index (χ1v) is 7.15. The Bertz CT molecular complexity index is 490. The summed E-state index contributed by atoms with van der Waals surface area (Å²) in [4.78, 5) is 0. The van der Waals surface area contributed by atoms with Crippen molar-refractivity contribution in [3.63, 3.8) is 0 Å². The van der Waals surface area contributed by atoms with Crippen molar-refractivity contribution in [3.8, 4) is 10.6 Å². The minimum atomic E-state index is 0.309. The third-order valence-electron chi connectivity index (χ3n) is 2.85. The van der Waals surface area contributed by atoms with E-state index in [9.17, 15) is 0 Å². The maximum absolute atomic E-state index is 4.30. The van der Waals surface area contributed by atoms with Gasteiger partial charge in [-0.15, -0.1) is 10.2 Å². The average Bonchev–Trinajstić information content (AvgIpc) is 2.99. The molecule has 0 aliphatic heterocycles. The topological polar surface area (TPSA) is 66.5 Å². The minimum absolute atomic E-state index is 0.309. The fourth-order valence-electron chi connectivity index (χ4n) is 1.78. The van der Waals surface area contributed by atoms with Crippen LogP contribution in [0.1, 0.15) is 43.4 Å². The molecule has 0 fully saturated rings. The molecule has 0 aromatic carbocycles. The molecule has 0 spiro atoms. The molecule has 2 aromatic rings. The molecule has 5 nitrogen and oxygen atoms in total. The van der Waals surface area contributed by atoms with E-state index in [4.69, 9.17) is 0 Å². The third kappa shape index (κ3) is 2.76. The molecule has 98 valence electrons. The summed E-state index contributed by atoms with van der Waals surface area (Å²) in [5.74, 6) is 0. The molecule has 0 amide bonds. The van der Waals surface area contributed by atoms with Gasteiger partial charge in [-0.1, -0.05) is 25.2 Å². The van der Waals surface area contributed by atoms with Crippen molar-refractivity contribution in [2.75, 3.05) is 6.54 Å². The van der Waals surface area contributed by atoms with Gasteiger partial charge in [-0.3, -0.25) is 5.10 Å². The zero-order chi connectivity index (χ0) is 13.0. The largest absolute Gasteiger partial charge is 0.308 e. The van der Waals surface area contributed by atoms with Crippen LogP contribution in [0.15, 0.2) is 6.20 Å². The normalized spacial score (nSPS) is 12.8. The van der Waals surface area contributed by atoms with Gasteiger partial charge in [-0.05, 0) is 26.3 Å². The first-order valence-electron chi connectivity index (χ1n) is 6.33. The predicted molar refractivity (Wildman–Crippen MR) is 73.6 cm³/mol. The summed E-state index contributed by atoms with van der Waals surface area (Å²) in [6.07, 6.45) is 3.96. The molecule has 6 heteroatoms. The van der Waals surface area contributed by atoms with Gasteiger partial charge in [0, 0.05) is 5.69 Å². The predicted octanol–water partition coefficient (Wildman–Crippen LogP) is 2.69. The molecular weight excluding hydrogens is 246 g/mol. The molecule has 2 rings (SSSR count). The van der Waals surface area contributed by atoms with E-state index >= 15 is 0 Å². The van der Waals surface area contributed by atoms with Crippen LogP contribution in [0.3, 0.4) is 0 Å². The van der Waals surface area contributed by atoms with Crippen LogP contribution in [-0.2, 0) is 0 Å². The van der Waals surface area contributed by atoms with Gasteiger partial charge in [-0.25, -0.2) is 0 Å². The lowest BCUT2D eigenvalue weighted by Gasteiger charge is -2.12. The Hall–Kier alpha value is -1.27. The van der Waals surface area contributed by atoms with Gasteiger partial charge in [0.25, 0.3) is 0 Å². The molecule has 0 radical (unpaired) electrons. The Kier molecular flexibility index (Phi) is 4.43. The first-order chi connectivity index (χ1) is 8.76. The molecule has 0 saturated heterocycles. The van der Waals surface area contributed by atoms with Crippen molar-refractivity contribution < 1.29 is 0 Å². The van der Waals surface area contributed by atoms with E-state index < -0.39 is 0 Å². The zero-order valence-electron chi connectivity index (χ0n) is 11.0. The highest BCUT2D eigenvalue weighted by atomic mass is 32.1. The van der Waals surface area contributed by atoms with Gasteiger partial charge < -0.3 is 5.32 Å². The lowest BCUT2D eigenvalue weighted by Crippen LogP contribution is -2.21.